The highest BCUT2D eigenvalue weighted by Crippen LogP contribution is 2.22. The third-order valence-electron chi connectivity index (χ3n) is 2.57. The van der Waals surface area contributed by atoms with Crippen LogP contribution < -0.4 is 4.74 Å². The molecule has 0 amide bonds. The first kappa shape index (κ1) is 12.5. The van der Waals surface area contributed by atoms with E-state index in [1.807, 2.05) is 0 Å². The quantitative estimate of drug-likeness (QED) is 0.868. The van der Waals surface area contributed by atoms with E-state index in [4.69, 9.17) is 9.84 Å². The van der Waals surface area contributed by atoms with Gasteiger partial charge in [-0.3, -0.25) is 0 Å². The number of hydrogen-bond donors (Lipinski definition) is 2. The maximum Gasteiger partial charge on any atom is 0.219 e. The molecule has 0 fully saturated rings. The van der Waals surface area contributed by atoms with Crippen molar-refractivity contribution in [2.24, 2.45) is 0 Å². The Morgan fingerprint density at radius 3 is 2.56 bits per heavy atom. The molecular formula is C14H15NO3. The summed E-state index contributed by atoms with van der Waals surface area (Å²) in [4.78, 5) is 4.08. The minimum absolute atomic E-state index is 0.00996. The van der Waals surface area contributed by atoms with Crippen LogP contribution in [0.15, 0.2) is 42.6 Å². The summed E-state index contributed by atoms with van der Waals surface area (Å²) in [6.45, 7) is 1.70. The number of ether oxygens (including phenoxy) is 1. The second kappa shape index (κ2) is 5.62. The molecule has 0 bridgehead atoms. The SMILES string of the molecule is CC(O)c1ccnc(Oc2ccc(CO)cc2)c1. The van der Waals surface area contributed by atoms with E-state index in [2.05, 4.69) is 4.98 Å². The van der Waals surface area contributed by atoms with Crippen molar-refractivity contribution in [3.63, 3.8) is 0 Å². The molecule has 2 rings (SSSR count). The van der Waals surface area contributed by atoms with Gasteiger partial charge in [-0.25, -0.2) is 4.98 Å². The molecule has 1 aromatic carbocycles. The van der Waals surface area contributed by atoms with Crippen molar-refractivity contribution in [2.45, 2.75) is 19.6 Å². The zero-order valence-corrected chi connectivity index (χ0v) is 10.1. The van der Waals surface area contributed by atoms with Gasteiger partial charge >= 0.3 is 0 Å². The molecule has 0 aliphatic carbocycles. The normalized spacial score (nSPS) is 12.2. The molecule has 1 atom stereocenters. The predicted molar refractivity (Wildman–Crippen MR) is 67.3 cm³/mol. The summed E-state index contributed by atoms with van der Waals surface area (Å²) in [5, 5.41) is 18.4. The lowest BCUT2D eigenvalue weighted by Crippen LogP contribution is -1.94. The van der Waals surface area contributed by atoms with Crippen LogP contribution in [-0.2, 0) is 6.61 Å². The fraction of sp³-hybridized carbons (Fsp3) is 0.214. The second-order valence-electron chi connectivity index (χ2n) is 4.01. The van der Waals surface area contributed by atoms with Gasteiger partial charge in [0.2, 0.25) is 5.88 Å². The summed E-state index contributed by atoms with van der Waals surface area (Å²) in [6.07, 6.45) is 1.05. The lowest BCUT2D eigenvalue weighted by atomic mass is 10.2. The number of pyridine rings is 1. The molecule has 1 unspecified atom stereocenters. The van der Waals surface area contributed by atoms with Gasteiger partial charge < -0.3 is 14.9 Å². The van der Waals surface area contributed by atoms with E-state index in [9.17, 15) is 5.11 Å². The Balaban J connectivity index is 2.15. The van der Waals surface area contributed by atoms with Gasteiger partial charge in [0.1, 0.15) is 5.75 Å². The maximum absolute atomic E-state index is 9.47. The first-order valence-electron chi connectivity index (χ1n) is 5.70. The van der Waals surface area contributed by atoms with Gasteiger partial charge in [0.25, 0.3) is 0 Å². The lowest BCUT2D eigenvalue weighted by Gasteiger charge is -2.08. The second-order valence-corrected chi connectivity index (χ2v) is 4.01. The van der Waals surface area contributed by atoms with Crippen molar-refractivity contribution >= 4 is 0 Å². The molecule has 18 heavy (non-hydrogen) atoms. The zero-order chi connectivity index (χ0) is 13.0. The fourth-order valence-electron chi connectivity index (χ4n) is 1.52. The van der Waals surface area contributed by atoms with E-state index in [1.165, 1.54) is 0 Å². The number of aromatic nitrogens is 1. The molecule has 4 nitrogen and oxygen atoms in total. The topological polar surface area (TPSA) is 62.6 Å². The van der Waals surface area contributed by atoms with Crippen LogP contribution in [0, 0.1) is 0 Å². The molecule has 4 heteroatoms. The van der Waals surface area contributed by atoms with Crippen LogP contribution in [0.2, 0.25) is 0 Å². The Morgan fingerprint density at radius 2 is 1.94 bits per heavy atom. The molecule has 0 aliphatic rings. The molecule has 0 saturated heterocycles. The largest absolute Gasteiger partial charge is 0.439 e. The van der Waals surface area contributed by atoms with E-state index >= 15 is 0 Å². The number of benzene rings is 1. The fourth-order valence-corrected chi connectivity index (χ4v) is 1.52. The first-order valence-corrected chi connectivity index (χ1v) is 5.70. The van der Waals surface area contributed by atoms with E-state index < -0.39 is 6.10 Å². The molecule has 94 valence electrons. The van der Waals surface area contributed by atoms with Crippen LogP contribution in [0.25, 0.3) is 0 Å². The first-order chi connectivity index (χ1) is 8.69. The third kappa shape index (κ3) is 3.06. The minimum Gasteiger partial charge on any atom is -0.439 e. The van der Waals surface area contributed by atoms with Crippen LogP contribution in [-0.4, -0.2) is 15.2 Å². The molecule has 0 saturated carbocycles. The summed E-state index contributed by atoms with van der Waals surface area (Å²) in [6, 6.07) is 10.5. The molecule has 1 aromatic heterocycles. The summed E-state index contributed by atoms with van der Waals surface area (Å²) in [5.41, 5.74) is 1.58. The van der Waals surface area contributed by atoms with Crippen molar-refractivity contribution < 1.29 is 14.9 Å². The zero-order valence-electron chi connectivity index (χ0n) is 10.1. The van der Waals surface area contributed by atoms with Gasteiger partial charge in [-0.2, -0.15) is 0 Å². The van der Waals surface area contributed by atoms with E-state index in [0.29, 0.717) is 11.6 Å². The average molecular weight is 245 g/mol. The van der Waals surface area contributed by atoms with E-state index in [-0.39, 0.29) is 6.61 Å². The van der Waals surface area contributed by atoms with Crippen LogP contribution in [0.4, 0.5) is 0 Å². The Morgan fingerprint density at radius 1 is 1.22 bits per heavy atom. The highest BCUT2D eigenvalue weighted by molar-refractivity contribution is 5.31. The Hall–Kier alpha value is -1.91. The van der Waals surface area contributed by atoms with Crippen LogP contribution in [0.3, 0.4) is 0 Å². The van der Waals surface area contributed by atoms with E-state index in [0.717, 1.165) is 11.1 Å². The number of aliphatic hydroxyl groups is 2. The average Bonchev–Trinajstić information content (AvgIpc) is 2.40. The van der Waals surface area contributed by atoms with Gasteiger partial charge in [0.15, 0.2) is 0 Å². The number of rotatable bonds is 4. The molecule has 0 aliphatic heterocycles. The number of aliphatic hydroxyl groups excluding tert-OH is 2. The van der Waals surface area contributed by atoms with Gasteiger partial charge in [0.05, 0.1) is 12.7 Å². The molecule has 1 heterocycles. The van der Waals surface area contributed by atoms with Crippen molar-refractivity contribution in [3.8, 4) is 11.6 Å². The van der Waals surface area contributed by atoms with Crippen molar-refractivity contribution in [2.75, 3.05) is 0 Å². The molecule has 2 N–H and O–H groups in total. The van der Waals surface area contributed by atoms with Gasteiger partial charge in [-0.1, -0.05) is 12.1 Å². The Labute approximate surface area is 106 Å². The summed E-state index contributed by atoms with van der Waals surface area (Å²) in [5.74, 6) is 1.08. The summed E-state index contributed by atoms with van der Waals surface area (Å²) in [7, 11) is 0. The van der Waals surface area contributed by atoms with Crippen LogP contribution >= 0.6 is 0 Å². The molecule has 0 radical (unpaired) electrons. The van der Waals surface area contributed by atoms with Crippen molar-refractivity contribution in [3.05, 3.63) is 53.7 Å². The third-order valence-corrected chi connectivity index (χ3v) is 2.57. The smallest absolute Gasteiger partial charge is 0.219 e. The van der Waals surface area contributed by atoms with Crippen LogP contribution in [0.1, 0.15) is 24.2 Å². The van der Waals surface area contributed by atoms with Crippen molar-refractivity contribution in [1.29, 1.82) is 0 Å². The Kier molecular flexibility index (Phi) is 3.92. The summed E-state index contributed by atoms with van der Waals surface area (Å²) >= 11 is 0. The molecule has 0 spiro atoms. The monoisotopic (exact) mass is 245 g/mol. The number of nitrogens with zero attached hydrogens (tertiary/aromatic N) is 1. The summed E-state index contributed by atoms with van der Waals surface area (Å²) < 4.78 is 5.56. The minimum atomic E-state index is -0.549. The van der Waals surface area contributed by atoms with E-state index in [1.54, 1.807) is 49.5 Å². The van der Waals surface area contributed by atoms with Crippen LogP contribution in [0.5, 0.6) is 11.6 Å². The Bertz CT molecular complexity index is 509. The highest BCUT2D eigenvalue weighted by Gasteiger charge is 2.04. The van der Waals surface area contributed by atoms with Crippen molar-refractivity contribution in [1.82, 2.24) is 4.98 Å². The standard InChI is InChI=1S/C14H15NO3/c1-10(17)12-6-7-15-14(8-12)18-13-4-2-11(9-16)3-5-13/h2-8,10,16-17H,9H2,1H3. The highest BCUT2D eigenvalue weighted by atomic mass is 16.5. The molecule has 2 aromatic rings. The van der Waals surface area contributed by atoms with Gasteiger partial charge in [-0.05, 0) is 36.2 Å². The number of hydrogen-bond acceptors (Lipinski definition) is 4. The maximum atomic E-state index is 9.47. The van der Waals surface area contributed by atoms with Gasteiger partial charge in [0, 0.05) is 12.3 Å². The predicted octanol–water partition coefficient (Wildman–Crippen LogP) is 2.42. The lowest BCUT2D eigenvalue weighted by molar-refractivity contribution is 0.198. The van der Waals surface area contributed by atoms with Gasteiger partial charge in [-0.15, -0.1) is 0 Å². The molecular weight excluding hydrogens is 230 g/mol.